The van der Waals surface area contributed by atoms with Crippen LogP contribution in [0.1, 0.15) is 5.56 Å². The molecule has 1 aromatic carbocycles. The molecule has 0 amide bonds. The molecule has 1 aromatic heterocycles. The zero-order valence-corrected chi connectivity index (χ0v) is 10.3. The first-order valence-corrected chi connectivity index (χ1v) is 6.54. The molecule has 18 heavy (non-hydrogen) atoms. The molecule has 2 aromatic rings. The number of benzene rings is 1. The number of quaternary nitrogens is 1. The SMILES string of the molecule is Cc1ccc(S(=O)(=O)c2ccc([NH+]([O-])O)o2)cc1. The van der Waals surface area contributed by atoms with Crippen molar-refractivity contribution >= 4 is 15.7 Å². The summed E-state index contributed by atoms with van der Waals surface area (Å²) >= 11 is 0. The molecule has 7 heteroatoms. The standard InChI is InChI=1S/C11H11NO5S/c1-8-2-4-9(5-3-8)18(15,16)11-7-6-10(17-11)12(13)14/h2-7,12-13H,1H3. The number of sulfone groups is 1. The van der Waals surface area contributed by atoms with Gasteiger partial charge in [-0.05, 0) is 19.1 Å². The lowest BCUT2D eigenvalue weighted by atomic mass is 10.2. The summed E-state index contributed by atoms with van der Waals surface area (Å²) in [5.74, 6) is -0.402. The van der Waals surface area contributed by atoms with Crippen LogP contribution in [0.5, 0.6) is 0 Å². The van der Waals surface area contributed by atoms with E-state index in [2.05, 4.69) is 0 Å². The van der Waals surface area contributed by atoms with Crippen molar-refractivity contribution in [1.82, 2.24) is 0 Å². The van der Waals surface area contributed by atoms with Crippen LogP contribution in [-0.4, -0.2) is 13.6 Å². The Morgan fingerprint density at radius 3 is 2.28 bits per heavy atom. The van der Waals surface area contributed by atoms with Crippen LogP contribution in [0, 0.1) is 12.1 Å². The fourth-order valence-electron chi connectivity index (χ4n) is 1.41. The van der Waals surface area contributed by atoms with Crippen LogP contribution in [0.2, 0.25) is 0 Å². The Morgan fingerprint density at radius 1 is 1.17 bits per heavy atom. The molecule has 0 aliphatic rings. The van der Waals surface area contributed by atoms with Crippen LogP contribution < -0.4 is 5.23 Å². The van der Waals surface area contributed by atoms with Crippen molar-refractivity contribution in [2.24, 2.45) is 0 Å². The van der Waals surface area contributed by atoms with E-state index in [1.54, 1.807) is 12.1 Å². The summed E-state index contributed by atoms with van der Waals surface area (Å²) in [5, 5.41) is 17.6. The quantitative estimate of drug-likeness (QED) is 0.804. The number of hydrogen-bond acceptors (Lipinski definition) is 5. The summed E-state index contributed by atoms with van der Waals surface area (Å²) in [6, 6.07) is 8.48. The lowest BCUT2D eigenvalue weighted by molar-refractivity contribution is -0.997. The van der Waals surface area contributed by atoms with Gasteiger partial charge < -0.3 is 9.62 Å². The number of hydrogen-bond donors (Lipinski definition) is 2. The van der Waals surface area contributed by atoms with Crippen LogP contribution >= 0.6 is 0 Å². The number of aryl methyl sites for hydroxylation is 1. The first kappa shape index (κ1) is 12.8. The molecule has 1 heterocycles. The Bertz CT molecular complexity index is 642. The maximum Gasteiger partial charge on any atom is 0.329 e. The third-order valence-corrected chi connectivity index (χ3v) is 4.03. The third kappa shape index (κ3) is 2.29. The van der Waals surface area contributed by atoms with Crippen LogP contribution in [-0.2, 0) is 9.84 Å². The first-order valence-electron chi connectivity index (χ1n) is 5.06. The zero-order valence-electron chi connectivity index (χ0n) is 9.45. The van der Waals surface area contributed by atoms with E-state index in [4.69, 9.17) is 9.62 Å². The minimum atomic E-state index is -3.80. The van der Waals surface area contributed by atoms with Crippen LogP contribution in [0.4, 0.5) is 5.88 Å². The first-order chi connectivity index (χ1) is 8.41. The van der Waals surface area contributed by atoms with Gasteiger partial charge in [0.1, 0.15) is 0 Å². The molecule has 0 fully saturated rings. The molecule has 0 bridgehead atoms. The van der Waals surface area contributed by atoms with Gasteiger partial charge in [0.05, 0.1) is 4.90 Å². The van der Waals surface area contributed by atoms with Crippen molar-refractivity contribution in [2.75, 3.05) is 0 Å². The maximum absolute atomic E-state index is 12.1. The second-order valence-electron chi connectivity index (χ2n) is 3.74. The van der Waals surface area contributed by atoms with Crippen molar-refractivity contribution in [3.8, 4) is 0 Å². The molecule has 2 rings (SSSR count). The largest absolute Gasteiger partial charge is 0.592 e. The predicted molar refractivity (Wildman–Crippen MR) is 61.1 cm³/mol. The molecule has 0 saturated carbocycles. The molecule has 0 aliphatic heterocycles. The van der Waals surface area contributed by atoms with Crippen molar-refractivity contribution in [1.29, 1.82) is 0 Å². The average molecular weight is 269 g/mol. The van der Waals surface area contributed by atoms with Crippen molar-refractivity contribution < 1.29 is 23.3 Å². The lowest BCUT2D eigenvalue weighted by Crippen LogP contribution is -2.99. The van der Waals surface area contributed by atoms with Crippen LogP contribution in [0.15, 0.2) is 50.8 Å². The normalized spacial score (nSPS) is 13.5. The molecule has 1 atom stereocenters. The topological polar surface area (TPSA) is 95.0 Å². The second-order valence-corrected chi connectivity index (χ2v) is 5.62. The summed E-state index contributed by atoms with van der Waals surface area (Å²) in [6.45, 7) is 1.84. The molecular weight excluding hydrogens is 258 g/mol. The van der Waals surface area contributed by atoms with Crippen molar-refractivity contribution in [3.05, 3.63) is 47.2 Å². The molecule has 96 valence electrons. The highest BCUT2D eigenvalue weighted by Crippen LogP contribution is 2.23. The predicted octanol–water partition coefficient (Wildman–Crippen LogP) is 0.824. The summed E-state index contributed by atoms with van der Waals surface area (Å²) < 4.78 is 29.0. The highest BCUT2D eigenvalue weighted by Gasteiger charge is 2.23. The van der Waals surface area contributed by atoms with Crippen molar-refractivity contribution in [3.63, 3.8) is 0 Å². The van der Waals surface area contributed by atoms with E-state index in [1.807, 2.05) is 6.92 Å². The van der Waals surface area contributed by atoms with Gasteiger partial charge in [0.25, 0.3) is 0 Å². The van der Waals surface area contributed by atoms with Gasteiger partial charge in [-0.25, -0.2) is 13.6 Å². The summed E-state index contributed by atoms with van der Waals surface area (Å²) in [6.07, 6.45) is 0. The Balaban J connectivity index is 2.44. The van der Waals surface area contributed by atoms with E-state index in [9.17, 15) is 13.6 Å². The molecule has 0 spiro atoms. The fraction of sp³-hybridized carbons (Fsp3) is 0.0909. The molecule has 0 aliphatic carbocycles. The highest BCUT2D eigenvalue weighted by atomic mass is 32.2. The van der Waals surface area contributed by atoms with Gasteiger partial charge in [-0.1, -0.05) is 17.7 Å². The highest BCUT2D eigenvalue weighted by molar-refractivity contribution is 7.91. The fourth-order valence-corrected chi connectivity index (χ4v) is 2.59. The van der Waals surface area contributed by atoms with E-state index in [0.29, 0.717) is 0 Å². The van der Waals surface area contributed by atoms with Gasteiger partial charge in [0, 0.05) is 12.1 Å². The van der Waals surface area contributed by atoms with Gasteiger partial charge in [0.2, 0.25) is 14.9 Å². The van der Waals surface area contributed by atoms with Crippen LogP contribution in [0.25, 0.3) is 0 Å². The number of furan rings is 1. The molecule has 6 nitrogen and oxygen atoms in total. The second kappa shape index (κ2) is 4.54. The smallest absolute Gasteiger partial charge is 0.329 e. The number of rotatable bonds is 3. The van der Waals surface area contributed by atoms with Gasteiger partial charge in [-0.15, -0.1) is 0 Å². The van der Waals surface area contributed by atoms with Gasteiger partial charge >= 0.3 is 5.88 Å². The van der Waals surface area contributed by atoms with E-state index in [1.165, 1.54) is 12.1 Å². The van der Waals surface area contributed by atoms with Gasteiger partial charge in [-0.3, -0.25) is 0 Å². The minimum Gasteiger partial charge on any atom is -0.592 e. The maximum atomic E-state index is 12.1. The van der Waals surface area contributed by atoms with E-state index < -0.39 is 20.9 Å². The summed E-state index contributed by atoms with van der Waals surface area (Å²) in [5.41, 5.74) is 0.930. The number of nitrogens with one attached hydrogen (secondary N) is 1. The lowest BCUT2D eigenvalue weighted by Gasteiger charge is -2.06. The Kier molecular flexibility index (Phi) is 3.22. The molecule has 1 unspecified atom stereocenters. The van der Waals surface area contributed by atoms with Gasteiger partial charge in [-0.2, -0.15) is 5.23 Å². The summed E-state index contributed by atoms with van der Waals surface area (Å²) in [4.78, 5) is 0.0689. The Hall–Kier alpha value is -1.67. The third-order valence-electron chi connectivity index (χ3n) is 2.39. The Morgan fingerprint density at radius 2 is 1.78 bits per heavy atom. The van der Waals surface area contributed by atoms with Crippen molar-refractivity contribution in [2.45, 2.75) is 16.9 Å². The monoisotopic (exact) mass is 269 g/mol. The van der Waals surface area contributed by atoms with Gasteiger partial charge in [0.15, 0.2) is 0 Å². The average Bonchev–Trinajstić information content (AvgIpc) is 2.79. The molecule has 2 N–H and O–H groups in total. The van der Waals surface area contributed by atoms with Crippen LogP contribution in [0.3, 0.4) is 0 Å². The van der Waals surface area contributed by atoms with E-state index >= 15 is 0 Å². The zero-order chi connectivity index (χ0) is 13.3. The summed E-state index contributed by atoms with van der Waals surface area (Å²) in [7, 11) is -3.80. The minimum absolute atomic E-state index is 0.0689. The molecular formula is C11H11NO5S. The van der Waals surface area contributed by atoms with E-state index in [0.717, 1.165) is 17.7 Å². The van der Waals surface area contributed by atoms with E-state index in [-0.39, 0.29) is 9.99 Å². The molecule has 0 saturated heterocycles. The molecule has 0 radical (unpaired) electrons. The Labute approximate surface area is 104 Å².